The first-order valence-electron chi connectivity index (χ1n) is 9.41. The molecule has 0 atom stereocenters. The summed E-state index contributed by atoms with van der Waals surface area (Å²) in [5.74, 6) is 0.474. The molecule has 0 aliphatic carbocycles. The van der Waals surface area contributed by atoms with Crippen molar-refractivity contribution in [1.29, 1.82) is 0 Å². The van der Waals surface area contributed by atoms with Crippen LogP contribution in [0.4, 0.5) is 10.2 Å². The number of nitrogens with one attached hydrogen (secondary N) is 1. The first kappa shape index (κ1) is 19.8. The van der Waals surface area contributed by atoms with Crippen LogP contribution in [0.3, 0.4) is 0 Å². The van der Waals surface area contributed by atoms with Gasteiger partial charge in [0.05, 0.1) is 6.54 Å². The minimum Gasteiger partial charge on any atom is -0.373 e. The number of hydrogen-bond acceptors (Lipinski definition) is 3. The lowest BCUT2D eigenvalue weighted by Crippen LogP contribution is -2.10. The van der Waals surface area contributed by atoms with E-state index in [1.807, 2.05) is 50.4 Å². The SMILES string of the molecule is CNc1ccc(Cn2nc(C(F)=Cc3ccc(C(C)(C)C)cc3)cc2C)cn1. The highest BCUT2D eigenvalue weighted by atomic mass is 19.1. The highest BCUT2D eigenvalue weighted by Crippen LogP contribution is 2.24. The van der Waals surface area contributed by atoms with E-state index in [9.17, 15) is 4.39 Å². The lowest BCUT2D eigenvalue weighted by Gasteiger charge is -2.18. The molecular weight excluding hydrogens is 351 g/mol. The second kappa shape index (κ2) is 7.97. The normalized spacial score (nSPS) is 12.3. The number of hydrogen-bond donors (Lipinski definition) is 1. The van der Waals surface area contributed by atoms with Crippen molar-refractivity contribution in [3.63, 3.8) is 0 Å². The molecule has 0 saturated carbocycles. The topological polar surface area (TPSA) is 42.7 Å². The summed E-state index contributed by atoms with van der Waals surface area (Å²) in [4.78, 5) is 4.31. The number of benzene rings is 1. The predicted molar refractivity (Wildman–Crippen MR) is 114 cm³/mol. The summed E-state index contributed by atoms with van der Waals surface area (Å²) in [5, 5.41) is 7.42. The predicted octanol–water partition coefficient (Wildman–Crippen LogP) is 5.44. The van der Waals surface area contributed by atoms with Crippen LogP contribution in [0.5, 0.6) is 0 Å². The zero-order valence-corrected chi connectivity index (χ0v) is 17.1. The lowest BCUT2D eigenvalue weighted by atomic mass is 9.87. The average molecular weight is 378 g/mol. The second-order valence-electron chi connectivity index (χ2n) is 7.99. The Bertz CT molecular complexity index is 961. The number of aromatic nitrogens is 3. The zero-order valence-electron chi connectivity index (χ0n) is 17.1. The molecule has 5 heteroatoms. The van der Waals surface area contributed by atoms with Crippen LogP contribution in [0, 0.1) is 6.92 Å². The number of halogens is 1. The molecule has 0 saturated heterocycles. The Morgan fingerprint density at radius 1 is 1.14 bits per heavy atom. The molecule has 0 amide bonds. The van der Waals surface area contributed by atoms with Crippen LogP contribution >= 0.6 is 0 Å². The third-order valence-corrected chi connectivity index (χ3v) is 4.71. The summed E-state index contributed by atoms with van der Waals surface area (Å²) in [6.45, 7) is 8.97. The molecule has 1 N–H and O–H groups in total. The first-order chi connectivity index (χ1) is 13.3. The molecule has 0 bridgehead atoms. The van der Waals surface area contributed by atoms with Crippen LogP contribution in [0.25, 0.3) is 11.9 Å². The molecule has 0 aliphatic rings. The van der Waals surface area contributed by atoms with Crippen molar-refractivity contribution in [3.8, 4) is 0 Å². The van der Waals surface area contributed by atoms with Crippen molar-refractivity contribution in [2.45, 2.75) is 39.7 Å². The highest BCUT2D eigenvalue weighted by Gasteiger charge is 2.13. The molecule has 0 unspecified atom stereocenters. The molecule has 0 radical (unpaired) electrons. The Hall–Kier alpha value is -2.95. The maximum Gasteiger partial charge on any atom is 0.151 e. The van der Waals surface area contributed by atoms with E-state index in [-0.39, 0.29) is 11.2 Å². The Kier molecular flexibility index (Phi) is 5.63. The van der Waals surface area contributed by atoms with E-state index >= 15 is 0 Å². The minimum atomic E-state index is -0.339. The van der Waals surface area contributed by atoms with Crippen LogP contribution in [0.15, 0.2) is 48.7 Å². The van der Waals surface area contributed by atoms with Crippen molar-refractivity contribution >= 4 is 17.7 Å². The Balaban J connectivity index is 1.78. The number of pyridine rings is 1. The van der Waals surface area contributed by atoms with Crippen LogP contribution in [0.1, 0.15) is 48.8 Å². The average Bonchev–Trinajstić information content (AvgIpc) is 3.03. The van der Waals surface area contributed by atoms with E-state index < -0.39 is 0 Å². The molecule has 3 aromatic rings. The van der Waals surface area contributed by atoms with Crippen LogP contribution < -0.4 is 5.32 Å². The van der Waals surface area contributed by atoms with Gasteiger partial charge in [0.15, 0.2) is 5.83 Å². The molecule has 28 heavy (non-hydrogen) atoms. The quantitative estimate of drug-likeness (QED) is 0.643. The van der Waals surface area contributed by atoms with Gasteiger partial charge in [0.25, 0.3) is 0 Å². The summed E-state index contributed by atoms with van der Waals surface area (Å²) in [5.41, 5.74) is 4.39. The molecular formula is C23H27FN4. The first-order valence-corrected chi connectivity index (χ1v) is 9.41. The molecule has 146 valence electrons. The Morgan fingerprint density at radius 2 is 1.86 bits per heavy atom. The summed E-state index contributed by atoms with van der Waals surface area (Å²) in [6, 6.07) is 13.7. The molecule has 3 rings (SSSR count). The summed E-state index contributed by atoms with van der Waals surface area (Å²) in [6.07, 6.45) is 3.33. The van der Waals surface area contributed by atoms with E-state index in [1.54, 1.807) is 16.9 Å². The van der Waals surface area contributed by atoms with Gasteiger partial charge in [0.1, 0.15) is 11.5 Å². The third-order valence-electron chi connectivity index (χ3n) is 4.71. The smallest absolute Gasteiger partial charge is 0.151 e. The molecule has 0 spiro atoms. The van der Waals surface area contributed by atoms with Gasteiger partial charge >= 0.3 is 0 Å². The monoisotopic (exact) mass is 378 g/mol. The summed E-state index contributed by atoms with van der Waals surface area (Å²) < 4.78 is 16.5. The van der Waals surface area contributed by atoms with Crippen LogP contribution in [-0.2, 0) is 12.0 Å². The van der Waals surface area contributed by atoms with Gasteiger partial charge in [-0.1, -0.05) is 51.1 Å². The molecule has 2 heterocycles. The summed E-state index contributed by atoms with van der Waals surface area (Å²) in [7, 11) is 1.83. The standard InChI is InChI=1S/C23H27FN4/c1-16-12-21(27-28(16)15-18-8-11-22(25-5)26-14-18)20(24)13-17-6-9-19(10-7-17)23(2,3)4/h6-14H,15H2,1-5H3,(H,25,26). The lowest BCUT2D eigenvalue weighted by molar-refractivity contribution is 0.590. The number of rotatable bonds is 5. The number of aryl methyl sites for hydroxylation is 1. The fourth-order valence-corrected chi connectivity index (χ4v) is 2.93. The van der Waals surface area contributed by atoms with E-state index in [4.69, 9.17) is 0 Å². The molecule has 0 aliphatic heterocycles. The fourth-order valence-electron chi connectivity index (χ4n) is 2.93. The molecule has 1 aromatic carbocycles. The van der Waals surface area contributed by atoms with Gasteiger partial charge in [-0.15, -0.1) is 0 Å². The number of anilines is 1. The van der Waals surface area contributed by atoms with E-state index in [1.165, 1.54) is 11.6 Å². The molecule has 0 fully saturated rings. The van der Waals surface area contributed by atoms with Crippen LogP contribution in [-0.4, -0.2) is 21.8 Å². The maximum absolute atomic E-state index is 14.8. The van der Waals surface area contributed by atoms with Gasteiger partial charge in [-0.25, -0.2) is 9.37 Å². The van der Waals surface area contributed by atoms with Gasteiger partial charge < -0.3 is 5.32 Å². The minimum absolute atomic E-state index is 0.0803. The van der Waals surface area contributed by atoms with Crippen molar-refractivity contribution in [1.82, 2.24) is 14.8 Å². The largest absolute Gasteiger partial charge is 0.373 e. The Labute approximate surface area is 166 Å². The van der Waals surface area contributed by atoms with E-state index in [2.05, 4.69) is 36.2 Å². The van der Waals surface area contributed by atoms with Gasteiger partial charge in [-0.05, 0) is 47.2 Å². The third kappa shape index (κ3) is 4.66. The van der Waals surface area contributed by atoms with Crippen molar-refractivity contribution < 1.29 is 4.39 Å². The van der Waals surface area contributed by atoms with E-state index in [0.717, 1.165) is 22.6 Å². The zero-order chi connectivity index (χ0) is 20.3. The van der Waals surface area contributed by atoms with E-state index in [0.29, 0.717) is 12.2 Å². The van der Waals surface area contributed by atoms with Crippen molar-refractivity contribution in [3.05, 3.63) is 76.7 Å². The van der Waals surface area contributed by atoms with Gasteiger partial charge in [-0.3, -0.25) is 4.68 Å². The second-order valence-corrected chi connectivity index (χ2v) is 7.99. The highest BCUT2D eigenvalue weighted by molar-refractivity contribution is 5.75. The molecule has 2 aromatic heterocycles. The summed E-state index contributed by atoms with van der Waals surface area (Å²) >= 11 is 0. The van der Waals surface area contributed by atoms with Gasteiger partial charge in [0.2, 0.25) is 0 Å². The Morgan fingerprint density at radius 3 is 2.43 bits per heavy atom. The number of nitrogens with zero attached hydrogens (tertiary/aromatic N) is 3. The van der Waals surface area contributed by atoms with Crippen LogP contribution in [0.2, 0.25) is 0 Å². The maximum atomic E-state index is 14.8. The van der Waals surface area contributed by atoms with Crippen molar-refractivity contribution in [2.24, 2.45) is 0 Å². The van der Waals surface area contributed by atoms with Crippen molar-refractivity contribution in [2.75, 3.05) is 12.4 Å². The fraction of sp³-hybridized carbons (Fsp3) is 0.304. The van der Waals surface area contributed by atoms with Gasteiger partial charge in [-0.2, -0.15) is 5.10 Å². The molecule has 4 nitrogen and oxygen atoms in total. The van der Waals surface area contributed by atoms with Gasteiger partial charge in [0, 0.05) is 18.9 Å².